The van der Waals surface area contributed by atoms with Gasteiger partial charge in [-0.1, -0.05) is 30.3 Å². The van der Waals surface area contributed by atoms with Crippen LogP contribution in [0.5, 0.6) is 0 Å². The van der Waals surface area contributed by atoms with Crippen LogP contribution in [0, 0.1) is 0 Å². The van der Waals surface area contributed by atoms with E-state index in [2.05, 4.69) is 20.6 Å². The first-order valence-electron chi connectivity index (χ1n) is 6.34. The Bertz CT molecular complexity index is 648. The molecule has 0 bridgehead atoms. The van der Waals surface area contributed by atoms with Crippen LogP contribution in [0.15, 0.2) is 48.8 Å². The molecule has 21 heavy (non-hydrogen) atoms. The molecule has 1 aromatic carbocycles. The van der Waals surface area contributed by atoms with Gasteiger partial charge in [-0.3, -0.25) is 10.1 Å². The smallest absolute Gasteiger partial charge is 0.408 e. The second-order valence-corrected chi connectivity index (χ2v) is 4.42. The van der Waals surface area contributed by atoms with Gasteiger partial charge in [-0.05, 0) is 11.6 Å². The van der Waals surface area contributed by atoms with Crippen molar-refractivity contribution in [2.45, 2.75) is 12.1 Å². The summed E-state index contributed by atoms with van der Waals surface area (Å²) in [5, 5.41) is 5.04. The molecule has 1 saturated heterocycles. The van der Waals surface area contributed by atoms with Gasteiger partial charge in [0, 0.05) is 12.4 Å². The molecular weight excluding hydrogens is 272 g/mol. The standard InChI is InChI=1S/C14H12N4O3/c19-12(18-13-15-7-4-8-16-13)10-11(21-14(20)17-10)9-5-2-1-3-6-9/h1-8,10-11H,(H,17,20)(H,15,16,18,19). The number of nitrogens with zero attached hydrogens (tertiary/aromatic N) is 2. The molecule has 2 heterocycles. The number of alkyl carbamates (subject to hydrolysis) is 1. The van der Waals surface area contributed by atoms with E-state index in [9.17, 15) is 9.59 Å². The molecule has 2 atom stereocenters. The maximum atomic E-state index is 12.3. The monoisotopic (exact) mass is 284 g/mol. The lowest BCUT2D eigenvalue weighted by molar-refractivity contribution is -0.119. The molecule has 2 N–H and O–H groups in total. The molecule has 1 aromatic heterocycles. The van der Waals surface area contributed by atoms with E-state index in [0.717, 1.165) is 5.56 Å². The lowest BCUT2D eigenvalue weighted by atomic mass is 10.0. The maximum Gasteiger partial charge on any atom is 0.408 e. The molecule has 3 rings (SSSR count). The van der Waals surface area contributed by atoms with Gasteiger partial charge in [0.25, 0.3) is 5.91 Å². The Morgan fingerprint density at radius 3 is 2.57 bits per heavy atom. The van der Waals surface area contributed by atoms with E-state index < -0.39 is 24.1 Å². The van der Waals surface area contributed by atoms with E-state index in [1.54, 1.807) is 18.2 Å². The highest BCUT2D eigenvalue weighted by molar-refractivity contribution is 5.97. The first kappa shape index (κ1) is 13.0. The summed E-state index contributed by atoms with van der Waals surface area (Å²) in [6.45, 7) is 0. The van der Waals surface area contributed by atoms with Gasteiger partial charge in [0.05, 0.1) is 0 Å². The molecule has 2 aromatic rings. The van der Waals surface area contributed by atoms with Crippen LogP contribution < -0.4 is 10.6 Å². The minimum atomic E-state index is -0.830. The van der Waals surface area contributed by atoms with Gasteiger partial charge in [0.15, 0.2) is 12.1 Å². The quantitative estimate of drug-likeness (QED) is 0.885. The van der Waals surface area contributed by atoms with Crippen molar-refractivity contribution in [2.24, 2.45) is 0 Å². The van der Waals surface area contributed by atoms with E-state index in [1.807, 2.05) is 18.2 Å². The van der Waals surface area contributed by atoms with Crippen molar-refractivity contribution in [3.05, 3.63) is 54.4 Å². The van der Waals surface area contributed by atoms with Crippen LogP contribution in [0.1, 0.15) is 11.7 Å². The SMILES string of the molecule is O=C1NC(C(=O)Nc2ncccn2)C(c2ccccc2)O1. The van der Waals surface area contributed by atoms with Crippen LogP contribution >= 0.6 is 0 Å². The fraction of sp³-hybridized carbons (Fsp3) is 0.143. The zero-order chi connectivity index (χ0) is 14.7. The van der Waals surface area contributed by atoms with Crippen molar-refractivity contribution in [1.29, 1.82) is 0 Å². The van der Waals surface area contributed by atoms with E-state index in [4.69, 9.17) is 4.74 Å². The number of amides is 2. The number of hydrogen-bond donors (Lipinski definition) is 2. The Morgan fingerprint density at radius 1 is 1.14 bits per heavy atom. The van der Waals surface area contributed by atoms with Crippen molar-refractivity contribution in [2.75, 3.05) is 5.32 Å². The van der Waals surface area contributed by atoms with Crippen LogP contribution in [-0.4, -0.2) is 28.0 Å². The zero-order valence-corrected chi connectivity index (χ0v) is 10.9. The molecule has 1 aliphatic heterocycles. The molecule has 0 radical (unpaired) electrons. The van der Waals surface area contributed by atoms with E-state index in [-0.39, 0.29) is 5.95 Å². The number of ether oxygens (including phenoxy) is 1. The van der Waals surface area contributed by atoms with Crippen LogP contribution in [-0.2, 0) is 9.53 Å². The third-order valence-electron chi connectivity index (χ3n) is 3.02. The van der Waals surface area contributed by atoms with Crippen molar-refractivity contribution >= 4 is 17.9 Å². The lowest BCUT2D eigenvalue weighted by Crippen LogP contribution is -2.40. The summed E-state index contributed by atoms with van der Waals surface area (Å²) in [7, 11) is 0. The summed E-state index contributed by atoms with van der Waals surface area (Å²) < 4.78 is 5.17. The normalized spacial score (nSPS) is 20.5. The van der Waals surface area contributed by atoms with Gasteiger partial charge in [0.2, 0.25) is 5.95 Å². The molecule has 7 heteroatoms. The van der Waals surface area contributed by atoms with E-state index in [0.29, 0.717) is 0 Å². The first-order chi connectivity index (χ1) is 10.2. The number of anilines is 1. The Morgan fingerprint density at radius 2 is 1.86 bits per heavy atom. The molecule has 0 saturated carbocycles. The average molecular weight is 284 g/mol. The maximum absolute atomic E-state index is 12.3. The van der Waals surface area contributed by atoms with Gasteiger partial charge in [-0.25, -0.2) is 14.8 Å². The van der Waals surface area contributed by atoms with Crippen molar-refractivity contribution < 1.29 is 14.3 Å². The predicted molar refractivity (Wildman–Crippen MR) is 73.2 cm³/mol. The molecular formula is C14H12N4O3. The highest BCUT2D eigenvalue weighted by Crippen LogP contribution is 2.26. The first-order valence-corrected chi connectivity index (χ1v) is 6.34. The number of carbonyl (C=O) groups excluding carboxylic acids is 2. The van der Waals surface area contributed by atoms with Gasteiger partial charge < -0.3 is 10.1 Å². The Balaban J connectivity index is 1.79. The van der Waals surface area contributed by atoms with Gasteiger partial charge in [-0.15, -0.1) is 0 Å². The highest BCUT2D eigenvalue weighted by Gasteiger charge is 2.40. The van der Waals surface area contributed by atoms with Crippen molar-refractivity contribution in [1.82, 2.24) is 15.3 Å². The highest BCUT2D eigenvalue weighted by atomic mass is 16.6. The second kappa shape index (κ2) is 5.58. The Labute approximate surface area is 120 Å². The van der Waals surface area contributed by atoms with Gasteiger partial charge in [0.1, 0.15) is 0 Å². The summed E-state index contributed by atoms with van der Waals surface area (Å²) in [5.74, 6) is -0.253. The fourth-order valence-electron chi connectivity index (χ4n) is 2.08. The summed E-state index contributed by atoms with van der Waals surface area (Å²) in [6.07, 6.45) is 1.72. The van der Waals surface area contributed by atoms with Gasteiger partial charge in [-0.2, -0.15) is 0 Å². The fourth-order valence-corrected chi connectivity index (χ4v) is 2.08. The second-order valence-electron chi connectivity index (χ2n) is 4.42. The molecule has 1 fully saturated rings. The summed E-state index contributed by atoms with van der Waals surface area (Å²) in [6, 6.07) is 9.88. The number of carbonyl (C=O) groups is 2. The third-order valence-corrected chi connectivity index (χ3v) is 3.02. The zero-order valence-electron chi connectivity index (χ0n) is 10.9. The largest absolute Gasteiger partial charge is 0.439 e. The van der Waals surface area contributed by atoms with Crippen LogP contribution in [0.25, 0.3) is 0 Å². The van der Waals surface area contributed by atoms with Crippen LogP contribution in [0.4, 0.5) is 10.7 Å². The van der Waals surface area contributed by atoms with Crippen molar-refractivity contribution in [3.8, 4) is 0 Å². The molecule has 0 aliphatic carbocycles. The van der Waals surface area contributed by atoms with Crippen LogP contribution in [0.2, 0.25) is 0 Å². The number of hydrogen-bond acceptors (Lipinski definition) is 5. The number of benzene rings is 1. The van der Waals surface area contributed by atoms with E-state index >= 15 is 0 Å². The summed E-state index contributed by atoms with van der Waals surface area (Å²) in [5.41, 5.74) is 0.741. The minimum Gasteiger partial charge on any atom is -0.439 e. The molecule has 0 spiro atoms. The van der Waals surface area contributed by atoms with Crippen molar-refractivity contribution in [3.63, 3.8) is 0 Å². The number of nitrogens with one attached hydrogen (secondary N) is 2. The minimum absolute atomic E-state index is 0.176. The lowest BCUT2D eigenvalue weighted by Gasteiger charge is -2.16. The number of rotatable bonds is 3. The summed E-state index contributed by atoms with van der Waals surface area (Å²) in [4.78, 5) is 31.5. The number of aromatic nitrogens is 2. The Kier molecular flexibility index (Phi) is 3.46. The topological polar surface area (TPSA) is 93.2 Å². The van der Waals surface area contributed by atoms with E-state index in [1.165, 1.54) is 12.4 Å². The van der Waals surface area contributed by atoms with Crippen LogP contribution in [0.3, 0.4) is 0 Å². The molecule has 2 amide bonds. The third kappa shape index (κ3) is 2.81. The molecule has 106 valence electrons. The molecule has 2 unspecified atom stereocenters. The molecule has 7 nitrogen and oxygen atoms in total. The Hall–Kier alpha value is -2.96. The molecule has 1 aliphatic rings. The average Bonchev–Trinajstić information content (AvgIpc) is 2.91. The predicted octanol–water partition coefficient (Wildman–Crippen LogP) is 1.26. The van der Waals surface area contributed by atoms with Gasteiger partial charge >= 0.3 is 6.09 Å². The number of cyclic esters (lactones) is 1. The summed E-state index contributed by atoms with van der Waals surface area (Å²) >= 11 is 0.